The summed E-state index contributed by atoms with van der Waals surface area (Å²) in [7, 11) is 1.82. The van der Waals surface area contributed by atoms with Crippen LogP contribution in [0.1, 0.15) is 33.1 Å². The van der Waals surface area contributed by atoms with E-state index in [1.165, 1.54) is 0 Å². The number of ether oxygens (including phenoxy) is 1. The monoisotopic (exact) mass is 209 g/mol. The third-order valence-electron chi connectivity index (χ3n) is 2.25. The van der Waals surface area contributed by atoms with Crippen molar-refractivity contribution in [3.63, 3.8) is 0 Å². The SMILES string of the molecule is CCCC(CC)Oc1nccnc1NC. The van der Waals surface area contributed by atoms with Crippen molar-refractivity contribution in [2.45, 2.75) is 39.2 Å². The van der Waals surface area contributed by atoms with E-state index in [2.05, 4.69) is 29.1 Å². The summed E-state index contributed by atoms with van der Waals surface area (Å²) in [4.78, 5) is 8.32. The van der Waals surface area contributed by atoms with Crippen LogP contribution in [-0.2, 0) is 0 Å². The molecule has 1 atom stereocenters. The molecule has 1 heterocycles. The van der Waals surface area contributed by atoms with Gasteiger partial charge in [-0.05, 0) is 12.8 Å². The first-order valence-electron chi connectivity index (χ1n) is 5.47. The number of aromatic nitrogens is 2. The highest BCUT2D eigenvalue weighted by Crippen LogP contribution is 2.20. The van der Waals surface area contributed by atoms with Gasteiger partial charge in [-0.15, -0.1) is 0 Å². The van der Waals surface area contributed by atoms with Crippen molar-refractivity contribution in [1.82, 2.24) is 9.97 Å². The van der Waals surface area contributed by atoms with Crippen LogP contribution in [0.2, 0.25) is 0 Å². The van der Waals surface area contributed by atoms with Crippen LogP contribution >= 0.6 is 0 Å². The zero-order valence-electron chi connectivity index (χ0n) is 9.66. The van der Waals surface area contributed by atoms with Gasteiger partial charge in [0.05, 0.1) is 0 Å². The Morgan fingerprint density at radius 3 is 2.67 bits per heavy atom. The maximum absolute atomic E-state index is 5.79. The number of anilines is 1. The number of nitrogens with zero attached hydrogens (tertiary/aromatic N) is 2. The first-order chi connectivity index (χ1) is 7.31. The van der Waals surface area contributed by atoms with Gasteiger partial charge in [-0.3, -0.25) is 0 Å². The molecule has 1 rings (SSSR count). The van der Waals surface area contributed by atoms with Crippen LogP contribution in [0.3, 0.4) is 0 Å². The van der Waals surface area contributed by atoms with Crippen molar-refractivity contribution in [3.05, 3.63) is 12.4 Å². The minimum Gasteiger partial charge on any atom is -0.472 e. The molecular formula is C11H19N3O. The van der Waals surface area contributed by atoms with Crippen LogP contribution in [0.4, 0.5) is 5.82 Å². The Kier molecular flexibility index (Phi) is 4.87. The molecule has 4 nitrogen and oxygen atoms in total. The van der Waals surface area contributed by atoms with Crippen molar-refractivity contribution in [2.75, 3.05) is 12.4 Å². The molecule has 0 saturated heterocycles. The quantitative estimate of drug-likeness (QED) is 0.781. The third kappa shape index (κ3) is 3.38. The minimum atomic E-state index is 0.235. The van der Waals surface area contributed by atoms with E-state index in [1.54, 1.807) is 12.4 Å². The van der Waals surface area contributed by atoms with Gasteiger partial charge in [0.15, 0.2) is 5.82 Å². The lowest BCUT2D eigenvalue weighted by molar-refractivity contribution is 0.178. The lowest BCUT2D eigenvalue weighted by atomic mass is 10.2. The Morgan fingerprint density at radius 2 is 2.07 bits per heavy atom. The maximum atomic E-state index is 5.79. The Bertz CT molecular complexity index is 291. The maximum Gasteiger partial charge on any atom is 0.257 e. The van der Waals surface area contributed by atoms with E-state index in [-0.39, 0.29) is 6.10 Å². The summed E-state index contributed by atoms with van der Waals surface area (Å²) in [5.74, 6) is 1.30. The van der Waals surface area contributed by atoms with Crippen LogP contribution in [0.25, 0.3) is 0 Å². The van der Waals surface area contributed by atoms with E-state index in [1.807, 2.05) is 7.05 Å². The van der Waals surface area contributed by atoms with Gasteiger partial charge < -0.3 is 10.1 Å². The molecule has 1 aromatic heterocycles. The van der Waals surface area contributed by atoms with Gasteiger partial charge in [0.2, 0.25) is 0 Å². The number of hydrogen-bond acceptors (Lipinski definition) is 4. The summed E-state index contributed by atoms with van der Waals surface area (Å²) >= 11 is 0. The van der Waals surface area contributed by atoms with Gasteiger partial charge in [0, 0.05) is 19.4 Å². The molecule has 0 aromatic carbocycles. The predicted molar refractivity (Wildman–Crippen MR) is 61.2 cm³/mol. The fourth-order valence-corrected chi connectivity index (χ4v) is 1.41. The molecule has 0 aliphatic rings. The Balaban J connectivity index is 2.69. The van der Waals surface area contributed by atoms with Crippen molar-refractivity contribution in [2.24, 2.45) is 0 Å². The van der Waals surface area contributed by atoms with Crippen LogP contribution < -0.4 is 10.1 Å². The van der Waals surface area contributed by atoms with E-state index in [0.29, 0.717) is 11.7 Å². The second kappa shape index (κ2) is 6.22. The highest BCUT2D eigenvalue weighted by atomic mass is 16.5. The molecule has 0 aliphatic heterocycles. The molecule has 15 heavy (non-hydrogen) atoms. The summed E-state index contributed by atoms with van der Waals surface area (Å²) in [6, 6.07) is 0. The molecule has 1 aromatic rings. The highest BCUT2D eigenvalue weighted by molar-refractivity contribution is 5.43. The van der Waals surface area contributed by atoms with E-state index in [0.717, 1.165) is 19.3 Å². The van der Waals surface area contributed by atoms with E-state index >= 15 is 0 Å². The number of nitrogens with one attached hydrogen (secondary N) is 1. The average Bonchev–Trinajstić information content (AvgIpc) is 2.29. The summed E-state index contributed by atoms with van der Waals surface area (Å²) in [5.41, 5.74) is 0. The fourth-order valence-electron chi connectivity index (χ4n) is 1.41. The molecular weight excluding hydrogens is 190 g/mol. The lowest BCUT2D eigenvalue weighted by Gasteiger charge is -2.17. The largest absolute Gasteiger partial charge is 0.472 e. The van der Waals surface area contributed by atoms with Gasteiger partial charge in [-0.25, -0.2) is 9.97 Å². The molecule has 1 N–H and O–H groups in total. The predicted octanol–water partition coefficient (Wildman–Crippen LogP) is 2.48. The van der Waals surface area contributed by atoms with Gasteiger partial charge in [0.25, 0.3) is 5.88 Å². The first-order valence-corrected chi connectivity index (χ1v) is 5.47. The van der Waals surface area contributed by atoms with E-state index in [9.17, 15) is 0 Å². The number of rotatable bonds is 6. The van der Waals surface area contributed by atoms with Gasteiger partial charge in [-0.2, -0.15) is 0 Å². The molecule has 4 heteroatoms. The highest BCUT2D eigenvalue weighted by Gasteiger charge is 2.11. The first kappa shape index (κ1) is 11.8. The summed E-state index contributed by atoms with van der Waals surface area (Å²) < 4.78 is 5.79. The molecule has 0 amide bonds. The smallest absolute Gasteiger partial charge is 0.257 e. The average molecular weight is 209 g/mol. The van der Waals surface area contributed by atoms with Gasteiger partial charge in [0.1, 0.15) is 6.10 Å². The molecule has 1 unspecified atom stereocenters. The van der Waals surface area contributed by atoms with Crippen molar-refractivity contribution in [3.8, 4) is 5.88 Å². The molecule has 84 valence electrons. The second-order valence-electron chi connectivity index (χ2n) is 3.40. The zero-order valence-corrected chi connectivity index (χ0v) is 9.66. The van der Waals surface area contributed by atoms with E-state index in [4.69, 9.17) is 4.74 Å². The molecule has 0 fully saturated rings. The van der Waals surface area contributed by atoms with Crippen LogP contribution in [0, 0.1) is 0 Å². The van der Waals surface area contributed by atoms with Gasteiger partial charge >= 0.3 is 0 Å². The molecule has 0 saturated carbocycles. The molecule has 0 aliphatic carbocycles. The Hall–Kier alpha value is -1.32. The summed E-state index contributed by atoms with van der Waals surface area (Å²) in [6.45, 7) is 4.28. The number of hydrogen-bond donors (Lipinski definition) is 1. The normalized spacial score (nSPS) is 12.2. The fraction of sp³-hybridized carbons (Fsp3) is 0.636. The van der Waals surface area contributed by atoms with E-state index < -0.39 is 0 Å². The van der Waals surface area contributed by atoms with Crippen LogP contribution in [0.15, 0.2) is 12.4 Å². The van der Waals surface area contributed by atoms with Crippen molar-refractivity contribution in [1.29, 1.82) is 0 Å². The second-order valence-corrected chi connectivity index (χ2v) is 3.40. The van der Waals surface area contributed by atoms with Crippen molar-refractivity contribution < 1.29 is 4.74 Å². The molecule has 0 bridgehead atoms. The van der Waals surface area contributed by atoms with Gasteiger partial charge in [-0.1, -0.05) is 20.3 Å². The van der Waals surface area contributed by atoms with Crippen molar-refractivity contribution >= 4 is 5.82 Å². The summed E-state index contributed by atoms with van der Waals surface area (Å²) in [6.07, 6.45) is 6.70. The summed E-state index contributed by atoms with van der Waals surface area (Å²) in [5, 5.41) is 2.97. The zero-order chi connectivity index (χ0) is 11.1. The minimum absolute atomic E-state index is 0.235. The Morgan fingerprint density at radius 1 is 1.33 bits per heavy atom. The van der Waals surface area contributed by atoms with Crippen LogP contribution in [0.5, 0.6) is 5.88 Å². The topological polar surface area (TPSA) is 47.0 Å². The Labute approximate surface area is 91.1 Å². The molecule has 0 radical (unpaired) electrons. The third-order valence-corrected chi connectivity index (χ3v) is 2.25. The van der Waals surface area contributed by atoms with Crippen LogP contribution in [-0.4, -0.2) is 23.1 Å². The molecule has 0 spiro atoms. The standard InChI is InChI=1S/C11H19N3O/c1-4-6-9(5-2)15-11-10(12-3)13-7-8-14-11/h7-9H,4-6H2,1-3H3,(H,12,13). The lowest BCUT2D eigenvalue weighted by Crippen LogP contribution is -2.16.